The fourth-order valence-corrected chi connectivity index (χ4v) is 3.47. The quantitative estimate of drug-likeness (QED) is 0.649. The number of piperazine rings is 1. The number of rotatable bonds is 5. The summed E-state index contributed by atoms with van der Waals surface area (Å²) in [7, 11) is 0. The van der Waals surface area contributed by atoms with Crippen LogP contribution in [0, 0.1) is 11.6 Å². The molecular formula is C20H19BrF2N2O3. The molecule has 1 heterocycles. The number of anilines is 1. The number of hydrogen-bond acceptors (Lipinski definition) is 4. The van der Waals surface area contributed by atoms with Crippen molar-refractivity contribution in [1.82, 2.24) is 4.90 Å². The first-order valence-corrected chi connectivity index (χ1v) is 9.55. The third-order valence-electron chi connectivity index (χ3n) is 4.57. The first kappa shape index (κ1) is 20.3. The standard InChI is InChI=1S/C20H19BrF2N2O3/c1-13(26)14-2-4-18(17(23)10-14)24-6-8-25(9-7-24)20(27)12-28-19-5-3-15(22)11-16(19)21/h2-5,10-11H,6-9,12H2,1H3. The Morgan fingerprint density at radius 3 is 2.39 bits per heavy atom. The molecule has 0 aromatic heterocycles. The maximum atomic E-state index is 14.3. The summed E-state index contributed by atoms with van der Waals surface area (Å²) in [6.07, 6.45) is 0. The van der Waals surface area contributed by atoms with Crippen LogP contribution < -0.4 is 9.64 Å². The molecule has 0 saturated carbocycles. The number of ether oxygens (including phenoxy) is 1. The van der Waals surface area contributed by atoms with E-state index < -0.39 is 11.6 Å². The fourth-order valence-electron chi connectivity index (χ4n) is 3.00. The lowest BCUT2D eigenvalue weighted by Gasteiger charge is -2.36. The number of Topliss-reactive ketones (excluding diaryl/α,β-unsaturated/α-hetero) is 1. The topological polar surface area (TPSA) is 49.9 Å². The zero-order valence-electron chi connectivity index (χ0n) is 15.3. The molecule has 28 heavy (non-hydrogen) atoms. The predicted molar refractivity (Wildman–Crippen MR) is 105 cm³/mol. The molecule has 0 radical (unpaired) electrons. The van der Waals surface area contributed by atoms with Crippen LogP contribution >= 0.6 is 15.9 Å². The van der Waals surface area contributed by atoms with Crippen LogP contribution in [0.15, 0.2) is 40.9 Å². The van der Waals surface area contributed by atoms with Crippen molar-refractivity contribution in [3.05, 3.63) is 58.1 Å². The van der Waals surface area contributed by atoms with E-state index in [1.807, 2.05) is 4.90 Å². The Balaban J connectivity index is 1.54. The fraction of sp³-hybridized carbons (Fsp3) is 0.300. The van der Waals surface area contributed by atoms with Gasteiger partial charge in [-0.05, 0) is 59.3 Å². The van der Waals surface area contributed by atoms with E-state index in [1.165, 1.54) is 31.2 Å². The maximum absolute atomic E-state index is 14.3. The average molecular weight is 453 g/mol. The van der Waals surface area contributed by atoms with Crippen molar-refractivity contribution in [2.45, 2.75) is 6.92 Å². The molecule has 0 unspecified atom stereocenters. The molecule has 0 atom stereocenters. The SMILES string of the molecule is CC(=O)c1ccc(N2CCN(C(=O)COc3ccc(F)cc3Br)CC2)c(F)c1. The van der Waals surface area contributed by atoms with Gasteiger partial charge in [0.1, 0.15) is 17.4 Å². The second kappa shape index (κ2) is 8.68. The lowest BCUT2D eigenvalue weighted by atomic mass is 10.1. The molecule has 0 bridgehead atoms. The molecule has 5 nitrogen and oxygen atoms in total. The Morgan fingerprint density at radius 1 is 1.07 bits per heavy atom. The van der Waals surface area contributed by atoms with Crippen LogP contribution in [0.2, 0.25) is 0 Å². The van der Waals surface area contributed by atoms with Gasteiger partial charge in [0.25, 0.3) is 5.91 Å². The van der Waals surface area contributed by atoms with Gasteiger partial charge in [0.15, 0.2) is 12.4 Å². The van der Waals surface area contributed by atoms with E-state index in [1.54, 1.807) is 17.0 Å². The number of amides is 1. The Bertz CT molecular complexity index is 899. The molecule has 3 rings (SSSR count). The summed E-state index contributed by atoms with van der Waals surface area (Å²) in [5, 5.41) is 0. The molecule has 8 heteroatoms. The second-order valence-electron chi connectivity index (χ2n) is 6.45. The van der Waals surface area contributed by atoms with Gasteiger partial charge < -0.3 is 14.5 Å². The van der Waals surface area contributed by atoms with E-state index in [-0.39, 0.29) is 18.3 Å². The highest BCUT2D eigenvalue weighted by molar-refractivity contribution is 9.10. The molecule has 2 aromatic rings. The highest BCUT2D eigenvalue weighted by atomic mass is 79.9. The van der Waals surface area contributed by atoms with Crippen molar-refractivity contribution in [3.8, 4) is 5.75 Å². The molecule has 1 aliphatic heterocycles. The van der Waals surface area contributed by atoms with E-state index in [9.17, 15) is 18.4 Å². The van der Waals surface area contributed by atoms with Gasteiger partial charge >= 0.3 is 0 Å². The third kappa shape index (κ3) is 4.67. The van der Waals surface area contributed by atoms with Crippen LogP contribution in [-0.4, -0.2) is 49.4 Å². The predicted octanol–water partition coefficient (Wildman–Crippen LogP) is 3.66. The van der Waals surface area contributed by atoms with Gasteiger partial charge in [0.2, 0.25) is 0 Å². The first-order valence-electron chi connectivity index (χ1n) is 8.76. The Labute approximate surface area is 170 Å². The molecule has 1 amide bonds. The molecule has 1 fully saturated rings. The maximum Gasteiger partial charge on any atom is 0.260 e. The van der Waals surface area contributed by atoms with Gasteiger partial charge in [-0.3, -0.25) is 9.59 Å². The molecule has 2 aromatic carbocycles. The van der Waals surface area contributed by atoms with E-state index in [4.69, 9.17) is 4.74 Å². The monoisotopic (exact) mass is 452 g/mol. The molecule has 148 valence electrons. The van der Waals surface area contributed by atoms with Gasteiger partial charge in [-0.1, -0.05) is 0 Å². The number of benzene rings is 2. The minimum Gasteiger partial charge on any atom is -0.483 e. The second-order valence-corrected chi connectivity index (χ2v) is 7.31. The normalized spacial score (nSPS) is 14.1. The number of carbonyl (C=O) groups excluding carboxylic acids is 2. The lowest BCUT2D eigenvalue weighted by molar-refractivity contribution is -0.133. The van der Waals surface area contributed by atoms with Crippen LogP contribution in [0.3, 0.4) is 0 Å². The minimum absolute atomic E-state index is 0.161. The van der Waals surface area contributed by atoms with Crippen LogP contribution in [0.25, 0.3) is 0 Å². The Hall–Kier alpha value is -2.48. The highest BCUT2D eigenvalue weighted by Crippen LogP contribution is 2.26. The van der Waals surface area contributed by atoms with Crippen molar-refractivity contribution < 1.29 is 23.1 Å². The van der Waals surface area contributed by atoms with Gasteiger partial charge in [-0.25, -0.2) is 8.78 Å². The lowest BCUT2D eigenvalue weighted by Crippen LogP contribution is -2.50. The van der Waals surface area contributed by atoms with Crippen molar-refractivity contribution in [3.63, 3.8) is 0 Å². The van der Waals surface area contributed by atoms with E-state index in [2.05, 4.69) is 15.9 Å². The number of nitrogens with zero attached hydrogens (tertiary/aromatic N) is 2. The number of ketones is 1. The van der Waals surface area contributed by atoms with E-state index >= 15 is 0 Å². The minimum atomic E-state index is -0.447. The molecule has 1 saturated heterocycles. The summed E-state index contributed by atoms with van der Waals surface area (Å²) in [4.78, 5) is 27.2. The summed E-state index contributed by atoms with van der Waals surface area (Å²) in [5.74, 6) is -0.833. The summed E-state index contributed by atoms with van der Waals surface area (Å²) in [6.45, 7) is 3.04. The van der Waals surface area contributed by atoms with Crippen LogP contribution in [0.5, 0.6) is 5.75 Å². The molecule has 0 N–H and O–H groups in total. The van der Waals surface area contributed by atoms with Gasteiger partial charge in [0.05, 0.1) is 10.2 Å². The van der Waals surface area contributed by atoms with Gasteiger partial charge in [-0.2, -0.15) is 0 Å². The molecule has 0 aliphatic carbocycles. The van der Waals surface area contributed by atoms with Crippen molar-refractivity contribution >= 4 is 33.3 Å². The largest absolute Gasteiger partial charge is 0.483 e. The first-order chi connectivity index (χ1) is 13.3. The van der Waals surface area contributed by atoms with Crippen LogP contribution in [0.1, 0.15) is 17.3 Å². The Kier molecular flexibility index (Phi) is 6.28. The summed E-state index contributed by atoms with van der Waals surface area (Å²) >= 11 is 3.19. The number of hydrogen-bond donors (Lipinski definition) is 0. The van der Waals surface area contributed by atoms with Crippen LogP contribution in [0.4, 0.5) is 14.5 Å². The van der Waals surface area contributed by atoms with E-state index in [0.29, 0.717) is 47.7 Å². The molecular weight excluding hydrogens is 434 g/mol. The summed E-state index contributed by atoms with van der Waals surface area (Å²) in [5.41, 5.74) is 0.753. The summed E-state index contributed by atoms with van der Waals surface area (Å²) < 4.78 is 33.3. The number of halogens is 3. The Morgan fingerprint density at radius 2 is 1.79 bits per heavy atom. The number of carbonyl (C=O) groups is 2. The van der Waals surface area contributed by atoms with E-state index in [0.717, 1.165) is 0 Å². The molecule has 0 spiro atoms. The van der Waals surface area contributed by atoms with Gasteiger partial charge in [0, 0.05) is 31.7 Å². The third-order valence-corrected chi connectivity index (χ3v) is 5.19. The smallest absolute Gasteiger partial charge is 0.260 e. The highest BCUT2D eigenvalue weighted by Gasteiger charge is 2.23. The summed E-state index contributed by atoms with van der Waals surface area (Å²) in [6, 6.07) is 8.42. The van der Waals surface area contributed by atoms with Crippen molar-refractivity contribution in [1.29, 1.82) is 0 Å². The zero-order chi connectivity index (χ0) is 20.3. The van der Waals surface area contributed by atoms with Gasteiger partial charge in [-0.15, -0.1) is 0 Å². The van der Waals surface area contributed by atoms with Crippen LogP contribution in [-0.2, 0) is 4.79 Å². The average Bonchev–Trinajstić information content (AvgIpc) is 2.67. The molecule has 1 aliphatic rings. The zero-order valence-corrected chi connectivity index (χ0v) is 16.8. The van der Waals surface area contributed by atoms with Crippen molar-refractivity contribution in [2.24, 2.45) is 0 Å². The van der Waals surface area contributed by atoms with Crippen molar-refractivity contribution in [2.75, 3.05) is 37.7 Å².